The van der Waals surface area contributed by atoms with Crippen molar-refractivity contribution in [3.63, 3.8) is 0 Å². The number of hydrogen-bond donors (Lipinski definition) is 2. The molecule has 0 fully saturated rings. The van der Waals surface area contributed by atoms with Crippen LogP contribution in [0.2, 0.25) is 0 Å². The van der Waals surface area contributed by atoms with Gasteiger partial charge in [0.15, 0.2) is 5.58 Å². The molecule has 25 heavy (non-hydrogen) atoms. The van der Waals surface area contributed by atoms with E-state index in [1.807, 2.05) is 26.0 Å². The van der Waals surface area contributed by atoms with Gasteiger partial charge in [0.2, 0.25) is 0 Å². The molecular weight excluding hydrogens is 342 g/mol. The van der Waals surface area contributed by atoms with Gasteiger partial charge < -0.3 is 9.73 Å². The molecule has 4 rings (SSSR count). The van der Waals surface area contributed by atoms with Gasteiger partial charge in [0.1, 0.15) is 0 Å². The van der Waals surface area contributed by atoms with Crippen molar-refractivity contribution in [2.24, 2.45) is 0 Å². The molecule has 1 aromatic heterocycles. The van der Waals surface area contributed by atoms with Crippen LogP contribution in [0.4, 0.5) is 11.4 Å². The highest BCUT2D eigenvalue weighted by atomic mass is 32.2. The maximum atomic E-state index is 13.3. The molecule has 7 nitrogen and oxygen atoms in total. The summed E-state index contributed by atoms with van der Waals surface area (Å²) in [5.41, 5.74) is 1.61. The van der Waals surface area contributed by atoms with E-state index in [2.05, 4.69) is 10.3 Å². The molecule has 130 valence electrons. The third-order valence-electron chi connectivity index (χ3n) is 4.17. The average molecular weight is 359 g/mol. The lowest BCUT2D eigenvalue weighted by atomic mass is 10.0. The highest BCUT2D eigenvalue weighted by molar-refractivity contribution is 7.92. The zero-order chi connectivity index (χ0) is 17.8. The first-order valence-corrected chi connectivity index (χ1v) is 9.23. The fourth-order valence-electron chi connectivity index (χ4n) is 3.07. The Kier molecular flexibility index (Phi) is 3.23. The summed E-state index contributed by atoms with van der Waals surface area (Å²) in [4.78, 5) is 13.9. The molecule has 0 aliphatic carbocycles. The third kappa shape index (κ3) is 2.58. The highest BCUT2D eigenvalue weighted by Crippen LogP contribution is 2.37. The fourth-order valence-corrected chi connectivity index (χ4v) is 4.73. The highest BCUT2D eigenvalue weighted by Gasteiger charge is 2.36. The predicted octanol–water partition coefficient (Wildman–Crippen LogP) is 2.52. The van der Waals surface area contributed by atoms with Crippen molar-refractivity contribution in [2.75, 3.05) is 16.2 Å². The Hall–Kier alpha value is -2.74. The Morgan fingerprint density at radius 1 is 1.16 bits per heavy atom. The summed E-state index contributed by atoms with van der Waals surface area (Å²) in [6.07, 6.45) is 0. The van der Waals surface area contributed by atoms with Gasteiger partial charge in [0.05, 0.1) is 33.9 Å². The van der Waals surface area contributed by atoms with Crippen LogP contribution in [0.1, 0.15) is 13.8 Å². The molecular formula is C17H17N3O4S. The largest absolute Gasteiger partial charge is 0.417 e. The fraction of sp³-hybridized carbons (Fsp3) is 0.235. The van der Waals surface area contributed by atoms with Gasteiger partial charge in [0, 0.05) is 6.07 Å². The quantitative estimate of drug-likeness (QED) is 0.733. The molecule has 0 radical (unpaired) electrons. The maximum absolute atomic E-state index is 13.3. The number of para-hydroxylation sites is 2. The van der Waals surface area contributed by atoms with Gasteiger partial charge >= 0.3 is 5.76 Å². The van der Waals surface area contributed by atoms with E-state index in [0.717, 1.165) is 5.69 Å². The number of anilines is 2. The number of fused-ring (bicyclic) bond motifs is 2. The molecule has 8 heteroatoms. The Morgan fingerprint density at radius 2 is 1.92 bits per heavy atom. The number of nitrogens with one attached hydrogen (secondary N) is 2. The van der Waals surface area contributed by atoms with Crippen LogP contribution in [-0.2, 0) is 10.0 Å². The van der Waals surface area contributed by atoms with Gasteiger partial charge in [-0.2, -0.15) is 0 Å². The van der Waals surface area contributed by atoms with Gasteiger partial charge in [-0.05, 0) is 38.1 Å². The van der Waals surface area contributed by atoms with Gasteiger partial charge in [0.25, 0.3) is 10.0 Å². The van der Waals surface area contributed by atoms with E-state index in [4.69, 9.17) is 4.42 Å². The Balaban J connectivity index is 1.87. The summed E-state index contributed by atoms with van der Waals surface area (Å²) >= 11 is 0. The van der Waals surface area contributed by atoms with E-state index < -0.39 is 21.3 Å². The SMILES string of the molecule is CC1(C)CN(S(=O)(=O)c2ccc3[nH]c(=O)oc3c2)c2ccccc2N1. The van der Waals surface area contributed by atoms with Crippen LogP contribution in [0.15, 0.2) is 56.6 Å². The van der Waals surface area contributed by atoms with Crippen LogP contribution in [0.5, 0.6) is 0 Å². The number of sulfonamides is 1. The maximum Gasteiger partial charge on any atom is 0.417 e. The number of oxazole rings is 1. The molecule has 0 atom stereocenters. The second-order valence-corrected chi connectivity index (χ2v) is 8.57. The first-order valence-electron chi connectivity index (χ1n) is 7.79. The standard InChI is InChI=1S/C17H17N3O4S/c1-17(2)10-20(14-6-4-3-5-12(14)19-17)25(22,23)11-7-8-13-15(9-11)24-16(21)18-13/h3-9,19H,10H2,1-2H3,(H,18,21). The van der Waals surface area contributed by atoms with Gasteiger partial charge in [-0.25, -0.2) is 13.2 Å². The minimum Gasteiger partial charge on any atom is -0.408 e. The molecule has 1 aliphatic rings. The molecule has 2 aromatic carbocycles. The number of hydrogen-bond acceptors (Lipinski definition) is 5. The Morgan fingerprint density at radius 3 is 2.72 bits per heavy atom. The molecule has 0 saturated carbocycles. The first kappa shape index (κ1) is 15.8. The first-order chi connectivity index (χ1) is 11.8. The Labute approximate surface area is 144 Å². The van der Waals surface area contributed by atoms with Crippen LogP contribution in [-0.4, -0.2) is 25.5 Å². The zero-order valence-electron chi connectivity index (χ0n) is 13.7. The summed E-state index contributed by atoms with van der Waals surface area (Å²) < 4.78 is 32.9. The van der Waals surface area contributed by atoms with Crippen molar-refractivity contribution in [3.05, 3.63) is 53.0 Å². The number of nitrogens with zero attached hydrogens (tertiary/aromatic N) is 1. The lowest BCUT2D eigenvalue weighted by molar-refractivity contribution is 0.542. The lowest BCUT2D eigenvalue weighted by Crippen LogP contribution is -2.50. The number of rotatable bonds is 2. The summed E-state index contributed by atoms with van der Waals surface area (Å²) in [5, 5.41) is 3.35. The number of benzene rings is 2. The van der Waals surface area contributed by atoms with Crippen LogP contribution >= 0.6 is 0 Å². The molecule has 3 aromatic rings. The third-order valence-corrected chi connectivity index (χ3v) is 5.92. The average Bonchev–Trinajstić information content (AvgIpc) is 2.92. The normalized spacial score (nSPS) is 16.5. The lowest BCUT2D eigenvalue weighted by Gasteiger charge is -2.41. The summed E-state index contributed by atoms with van der Waals surface area (Å²) in [6, 6.07) is 11.7. The molecule has 2 N–H and O–H groups in total. The topological polar surface area (TPSA) is 95.4 Å². The summed E-state index contributed by atoms with van der Waals surface area (Å²) in [6.45, 7) is 4.17. The molecule has 0 unspecified atom stereocenters. The van der Waals surface area contributed by atoms with Crippen LogP contribution < -0.4 is 15.4 Å². The second kappa shape index (κ2) is 5.13. The summed E-state index contributed by atoms with van der Waals surface area (Å²) in [5.74, 6) is -0.613. The van der Waals surface area contributed by atoms with Crippen molar-refractivity contribution in [2.45, 2.75) is 24.3 Å². The van der Waals surface area contributed by atoms with E-state index in [9.17, 15) is 13.2 Å². The zero-order valence-corrected chi connectivity index (χ0v) is 14.6. The van der Waals surface area contributed by atoms with E-state index in [1.54, 1.807) is 12.1 Å². The molecule has 0 bridgehead atoms. The van der Waals surface area contributed by atoms with Crippen LogP contribution in [0, 0.1) is 0 Å². The monoisotopic (exact) mass is 359 g/mol. The van der Waals surface area contributed by atoms with Crippen LogP contribution in [0.3, 0.4) is 0 Å². The van der Waals surface area contributed by atoms with Crippen molar-refractivity contribution < 1.29 is 12.8 Å². The number of H-pyrrole nitrogens is 1. The van der Waals surface area contributed by atoms with Crippen molar-refractivity contribution in [1.82, 2.24) is 4.98 Å². The van der Waals surface area contributed by atoms with Gasteiger partial charge in [-0.3, -0.25) is 9.29 Å². The smallest absolute Gasteiger partial charge is 0.408 e. The second-order valence-electron chi connectivity index (χ2n) is 6.71. The van der Waals surface area contributed by atoms with Crippen LogP contribution in [0.25, 0.3) is 11.1 Å². The number of aromatic amines is 1. The van der Waals surface area contributed by atoms with Gasteiger partial charge in [-0.15, -0.1) is 0 Å². The van der Waals surface area contributed by atoms with Gasteiger partial charge in [-0.1, -0.05) is 12.1 Å². The number of aromatic nitrogens is 1. The van der Waals surface area contributed by atoms with E-state index >= 15 is 0 Å². The van der Waals surface area contributed by atoms with E-state index in [-0.39, 0.29) is 17.0 Å². The molecule has 0 amide bonds. The predicted molar refractivity (Wildman–Crippen MR) is 95.5 cm³/mol. The molecule has 0 saturated heterocycles. The minimum atomic E-state index is -3.81. The molecule has 0 spiro atoms. The molecule has 2 heterocycles. The summed E-state index contributed by atoms with van der Waals surface area (Å²) in [7, 11) is -3.81. The van der Waals surface area contributed by atoms with Crippen molar-refractivity contribution >= 4 is 32.5 Å². The Bertz CT molecular complexity index is 1130. The van der Waals surface area contributed by atoms with E-state index in [0.29, 0.717) is 11.2 Å². The minimum absolute atomic E-state index is 0.0789. The van der Waals surface area contributed by atoms with Crippen molar-refractivity contribution in [3.8, 4) is 0 Å². The van der Waals surface area contributed by atoms with Crippen molar-refractivity contribution in [1.29, 1.82) is 0 Å². The van der Waals surface area contributed by atoms with E-state index in [1.165, 1.54) is 22.5 Å². The molecule has 1 aliphatic heterocycles.